The van der Waals surface area contributed by atoms with E-state index in [1.165, 1.54) is 0 Å². The van der Waals surface area contributed by atoms with Crippen molar-refractivity contribution in [2.24, 2.45) is 0 Å². The van der Waals surface area contributed by atoms with Gasteiger partial charge >= 0.3 is 0 Å². The molecule has 3 rings (SSSR count). The van der Waals surface area contributed by atoms with Crippen LogP contribution in [0.1, 0.15) is 5.56 Å². The molecule has 1 N–H and O–H groups in total. The number of piperazine rings is 1. The van der Waals surface area contributed by atoms with Crippen molar-refractivity contribution in [3.63, 3.8) is 0 Å². The average molecular weight is 321 g/mol. The molecule has 1 saturated heterocycles. The van der Waals surface area contributed by atoms with E-state index in [1.54, 1.807) is 11.8 Å². The molecule has 1 aromatic carbocycles. The number of hydrogen-bond donors (Lipinski definition) is 1. The lowest BCUT2D eigenvalue weighted by molar-refractivity contribution is 0.583. The third kappa shape index (κ3) is 3.87. The van der Waals surface area contributed by atoms with Gasteiger partial charge in [0.05, 0.1) is 12.4 Å². The van der Waals surface area contributed by atoms with Crippen LogP contribution in [0.2, 0.25) is 5.02 Å². The molecule has 0 unspecified atom stereocenters. The summed E-state index contributed by atoms with van der Waals surface area (Å²) in [5.41, 5.74) is 1.12. The van der Waals surface area contributed by atoms with Crippen LogP contribution in [0, 0.1) is 0 Å². The minimum absolute atomic E-state index is 0.802. The summed E-state index contributed by atoms with van der Waals surface area (Å²) in [5.74, 6) is 1.76. The molecular weight excluding hydrogens is 304 g/mol. The quantitative estimate of drug-likeness (QED) is 0.877. The first kappa shape index (κ1) is 14.6. The first-order chi connectivity index (χ1) is 10.3. The van der Waals surface area contributed by atoms with Gasteiger partial charge in [0.1, 0.15) is 10.8 Å². The van der Waals surface area contributed by atoms with Crippen LogP contribution in [0.5, 0.6) is 0 Å². The zero-order chi connectivity index (χ0) is 14.5. The van der Waals surface area contributed by atoms with Gasteiger partial charge in [-0.05, 0) is 11.6 Å². The van der Waals surface area contributed by atoms with Gasteiger partial charge in [0.2, 0.25) is 0 Å². The van der Waals surface area contributed by atoms with Gasteiger partial charge in [-0.3, -0.25) is 4.98 Å². The molecule has 0 spiro atoms. The first-order valence-electron chi connectivity index (χ1n) is 6.97. The molecule has 6 heteroatoms. The van der Waals surface area contributed by atoms with Crippen molar-refractivity contribution in [3.05, 3.63) is 47.2 Å². The largest absolute Gasteiger partial charge is 0.353 e. The molecule has 21 heavy (non-hydrogen) atoms. The van der Waals surface area contributed by atoms with Crippen molar-refractivity contribution in [1.82, 2.24) is 15.3 Å². The van der Waals surface area contributed by atoms with E-state index in [0.29, 0.717) is 0 Å². The van der Waals surface area contributed by atoms with Crippen LogP contribution in [-0.4, -0.2) is 36.1 Å². The molecule has 0 atom stereocenters. The number of rotatable bonds is 4. The molecule has 2 heterocycles. The van der Waals surface area contributed by atoms with Crippen LogP contribution in [0.15, 0.2) is 41.7 Å². The lowest BCUT2D eigenvalue weighted by Gasteiger charge is -2.28. The third-order valence-electron chi connectivity index (χ3n) is 3.37. The second-order valence-electron chi connectivity index (χ2n) is 4.83. The van der Waals surface area contributed by atoms with Gasteiger partial charge in [-0.25, -0.2) is 4.98 Å². The first-order valence-corrected chi connectivity index (χ1v) is 8.33. The lowest BCUT2D eigenvalue weighted by atomic mass is 10.2. The second kappa shape index (κ2) is 7.11. The fourth-order valence-electron chi connectivity index (χ4n) is 2.22. The fraction of sp³-hybridized carbons (Fsp3) is 0.333. The van der Waals surface area contributed by atoms with Crippen molar-refractivity contribution in [2.45, 2.75) is 10.8 Å². The molecule has 2 aromatic rings. The summed E-state index contributed by atoms with van der Waals surface area (Å²) in [7, 11) is 0. The molecule has 1 fully saturated rings. The van der Waals surface area contributed by atoms with Gasteiger partial charge in [-0.2, -0.15) is 0 Å². The number of anilines is 1. The normalized spacial score (nSPS) is 15.2. The smallest absolute Gasteiger partial charge is 0.148 e. The monoisotopic (exact) mass is 320 g/mol. The Labute approximate surface area is 133 Å². The highest BCUT2D eigenvalue weighted by Crippen LogP contribution is 2.26. The van der Waals surface area contributed by atoms with Crippen LogP contribution in [0.4, 0.5) is 5.82 Å². The molecule has 0 bridgehead atoms. The molecule has 4 nitrogen and oxygen atoms in total. The van der Waals surface area contributed by atoms with Crippen molar-refractivity contribution in [1.29, 1.82) is 0 Å². The van der Waals surface area contributed by atoms with Crippen molar-refractivity contribution >= 4 is 29.2 Å². The highest BCUT2D eigenvalue weighted by molar-refractivity contribution is 7.98. The Morgan fingerprint density at radius 3 is 2.81 bits per heavy atom. The minimum atomic E-state index is 0.802. The zero-order valence-corrected chi connectivity index (χ0v) is 13.2. The maximum absolute atomic E-state index is 6.18. The van der Waals surface area contributed by atoms with Crippen LogP contribution in [0.25, 0.3) is 0 Å². The fourth-order valence-corrected chi connectivity index (χ4v) is 3.35. The molecule has 0 saturated carbocycles. The Kier molecular flexibility index (Phi) is 4.95. The molecule has 0 aliphatic carbocycles. The van der Waals surface area contributed by atoms with Gasteiger partial charge in [0.25, 0.3) is 0 Å². The number of aromatic nitrogens is 2. The van der Waals surface area contributed by atoms with E-state index in [4.69, 9.17) is 16.6 Å². The summed E-state index contributed by atoms with van der Waals surface area (Å²) in [6.07, 6.45) is 3.65. The van der Waals surface area contributed by atoms with Crippen molar-refractivity contribution in [2.75, 3.05) is 31.1 Å². The Bertz CT molecular complexity index is 602. The molecule has 0 radical (unpaired) electrons. The maximum atomic E-state index is 6.18. The number of nitrogens with zero attached hydrogens (tertiary/aromatic N) is 3. The predicted molar refractivity (Wildman–Crippen MR) is 88.1 cm³/mol. The van der Waals surface area contributed by atoms with E-state index < -0.39 is 0 Å². The van der Waals surface area contributed by atoms with E-state index in [9.17, 15) is 0 Å². The molecule has 1 aliphatic heterocycles. The predicted octanol–water partition coefficient (Wildman–Crippen LogP) is 2.83. The molecule has 0 amide bonds. The highest BCUT2D eigenvalue weighted by Gasteiger charge is 2.12. The number of halogens is 1. The van der Waals surface area contributed by atoms with E-state index in [1.807, 2.05) is 36.7 Å². The Morgan fingerprint density at radius 1 is 1.19 bits per heavy atom. The summed E-state index contributed by atoms with van der Waals surface area (Å²) in [5, 5.41) is 5.08. The summed E-state index contributed by atoms with van der Waals surface area (Å²) in [6, 6.07) is 7.91. The van der Waals surface area contributed by atoms with Gasteiger partial charge in [-0.15, -0.1) is 0 Å². The number of nitrogens with one attached hydrogen (secondary N) is 1. The average Bonchev–Trinajstić information content (AvgIpc) is 2.55. The highest BCUT2D eigenvalue weighted by atomic mass is 35.5. The lowest BCUT2D eigenvalue weighted by Crippen LogP contribution is -2.43. The van der Waals surface area contributed by atoms with Crippen molar-refractivity contribution < 1.29 is 0 Å². The summed E-state index contributed by atoms with van der Waals surface area (Å²) >= 11 is 7.84. The van der Waals surface area contributed by atoms with E-state index in [-0.39, 0.29) is 0 Å². The topological polar surface area (TPSA) is 41.1 Å². The molecule has 1 aromatic heterocycles. The second-order valence-corrected chi connectivity index (χ2v) is 6.24. The van der Waals surface area contributed by atoms with Gasteiger partial charge < -0.3 is 10.2 Å². The van der Waals surface area contributed by atoms with E-state index in [2.05, 4.69) is 15.2 Å². The molecular formula is C15H17ClN4S. The standard InChI is InChI=1S/C15H17ClN4S/c16-13-4-2-1-3-12(13)11-21-15-10-18-9-14(19-15)20-7-5-17-6-8-20/h1-4,9-10,17H,5-8,11H2. The summed E-state index contributed by atoms with van der Waals surface area (Å²) < 4.78 is 0. The minimum Gasteiger partial charge on any atom is -0.353 e. The van der Waals surface area contributed by atoms with Crippen LogP contribution in [0.3, 0.4) is 0 Å². The Balaban J connectivity index is 1.67. The molecule has 110 valence electrons. The van der Waals surface area contributed by atoms with E-state index >= 15 is 0 Å². The molecule has 1 aliphatic rings. The van der Waals surface area contributed by atoms with Gasteiger partial charge in [-0.1, -0.05) is 41.6 Å². The number of benzene rings is 1. The van der Waals surface area contributed by atoms with Crippen LogP contribution in [-0.2, 0) is 5.75 Å². The van der Waals surface area contributed by atoms with Crippen molar-refractivity contribution in [3.8, 4) is 0 Å². The number of thioether (sulfide) groups is 1. The van der Waals surface area contributed by atoms with Crippen LogP contribution >= 0.6 is 23.4 Å². The summed E-state index contributed by atoms with van der Waals surface area (Å²) in [6.45, 7) is 3.96. The summed E-state index contributed by atoms with van der Waals surface area (Å²) in [4.78, 5) is 11.3. The Morgan fingerprint density at radius 2 is 2.00 bits per heavy atom. The van der Waals surface area contributed by atoms with E-state index in [0.717, 1.165) is 53.4 Å². The zero-order valence-electron chi connectivity index (χ0n) is 11.6. The maximum Gasteiger partial charge on any atom is 0.148 e. The van der Waals surface area contributed by atoms with Gasteiger partial charge in [0, 0.05) is 37.0 Å². The third-order valence-corrected chi connectivity index (χ3v) is 4.69. The SMILES string of the molecule is Clc1ccccc1CSc1cncc(N2CCNCC2)n1. The van der Waals surface area contributed by atoms with Crippen LogP contribution < -0.4 is 10.2 Å². The number of hydrogen-bond acceptors (Lipinski definition) is 5. The van der Waals surface area contributed by atoms with Gasteiger partial charge in [0.15, 0.2) is 0 Å². The Hall–Kier alpha value is -1.30.